The van der Waals surface area contributed by atoms with E-state index in [1.54, 1.807) is 42.5 Å². The maximum atomic E-state index is 13.2. The first kappa shape index (κ1) is 20.3. The Kier molecular flexibility index (Phi) is 5.94. The van der Waals surface area contributed by atoms with Crippen LogP contribution in [0.2, 0.25) is 5.02 Å². The molecule has 1 saturated carbocycles. The molecule has 1 amide bonds. The molecule has 0 aliphatic heterocycles. The number of carbonyl (C=O) groups is 1. The van der Waals surface area contributed by atoms with E-state index in [-0.39, 0.29) is 23.7 Å². The van der Waals surface area contributed by atoms with Crippen LogP contribution >= 0.6 is 11.6 Å². The van der Waals surface area contributed by atoms with Crippen LogP contribution in [0.1, 0.15) is 25.7 Å². The summed E-state index contributed by atoms with van der Waals surface area (Å²) in [5.74, 6) is 0.376. The molecule has 1 fully saturated rings. The second kappa shape index (κ2) is 8.79. The smallest absolute Gasteiger partial charge is 0.223 e. The minimum Gasteiger partial charge on any atom is -0.359 e. The molecule has 2 heterocycles. The number of aromatic nitrogens is 4. The quantitative estimate of drug-likeness (QED) is 0.645. The fourth-order valence-corrected chi connectivity index (χ4v) is 3.91. The highest BCUT2D eigenvalue weighted by Gasteiger charge is 2.26. The molecule has 1 aromatic carbocycles. The predicted octanol–water partition coefficient (Wildman–Crippen LogP) is 3.84. The van der Waals surface area contributed by atoms with Gasteiger partial charge in [-0.25, -0.2) is 19.0 Å². The fraction of sp³-hybridized carbons (Fsp3) is 0.333. The minimum absolute atomic E-state index is 0.0760. The molecule has 2 aromatic heterocycles. The zero-order chi connectivity index (χ0) is 21.1. The van der Waals surface area contributed by atoms with Gasteiger partial charge in [-0.1, -0.05) is 11.6 Å². The third-order valence-corrected chi connectivity index (χ3v) is 5.65. The molecule has 0 saturated heterocycles. The van der Waals surface area contributed by atoms with Crippen molar-refractivity contribution in [3.63, 3.8) is 0 Å². The van der Waals surface area contributed by atoms with Gasteiger partial charge in [0, 0.05) is 30.8 Å². The molecule has 7 nitrogen and oxygen atoms in total. The van der Waals surface area contributed by atoms with Crippen LogP contribution < -0.4 is 10.6 Å². The van der Waals surface area contributed by atoms with Crippen molar-refractivity contribution < 1.29 is 9.18 Å². The molecule has 1 aliphatic rings. The highest BCUT2D eigenvalue weighted by Crippen LogP contribution is 2.29. The van der Waals surface area contributed by atoms with Gasteiger partial charge in [-0.2, -0.15) is 5.10 Å². The molecule has 0 bridgehead atoms. The molecule has 3 aromatic rings. The van der Waals surface area contributed by atoms with Crippen LogP contribution in [-0.4, -0.2) is 38.7 Å². The first-order valence-electron chi connectivity index (χ1n) is 9.85. The number of hydrogen-bond donors (Lipinski definition) is 2. The van der Waals surface area contributed by atoms with Crippen LogP contribution in [-0.2, 0) is 4.79 Å². The molecule has 1 aliphatic carbocycles. The van der Waals surface area contributed by atoms with Crippen LogP contribution in [0.5, 0.6) is 0 Å². The van der Waals surface area contributed by atoms with Crippen molar-refractivity contribution in [1.29, 1.82) is 0 Å². The van der Waals surface area contributed by atoms with Gasteiger partial charge in [0.05, 0.1) is 28.8 Å². The summed E-state index contributed by atoms with van der Waals surface area (Å²) in [6.45, 7) is 0. The van der Waals surface area contributed by atoms with Gasteiger partial charge < -0.3 is 10.6 Å². The molecule has 156 valence electrons. The standard InChI is InChI=1S/C21H22ClFN6O/c1-24-20(30)13-2-6-16(7-3-13)27-21-25-11-18(22)19(28-21)14-10-26-29(12-14)17-8-4-15(23)5-9-17/h4-5,8-13,16H,2-3,6-7H2,1H3,(H,24,30)(H,25,27,28)/t13-,16-. The lowest BCUT2D eigenvalue weighted by Gasteiger charge is -2.28. The van der Waals surface area contributed by atoms with E-state index >= 15 is 0 Å². The Morgan fingerprint density at radius 3 is 2.60 bits per heavy atom. The Morgan fingerprint density at radius 1 is 1.17 bits per heavy atom. The summed E-state index contributed by atoms with van der Waals surface area (Å²) in [5, 5.41) is 10.8. The number of nitrogens with zero attached hydrogens (tertiary/aromatic N) is 4. The first-order chi connectivity index (χ1) is 14.5. The highest BCUT2D eigenvalue weighted by molar-refractivity contribution is 6.32. The van der Waals surface area contributed by atoms with E-state index in [1.807, 2.05) is 0 Å². The number of benzene rings is 1. The van der Waals surface area contributed by atoms with Crippen LogP contribution in [0, 0.1) is 11.7 Å². The number of anilines is 1. The summed E-state index contributed by atoms with van der Waals surface area (Å²) in [7, 11) is 1.67. The lowest BCUT2D eigenvalue weighted by molar-refractivity contribution is -0.125. The largest absolute Gasteiger partial charge is 0.359 e. The molecule has 0 atom stereocenters. The Morgan fingerprint density at radius 2 is 1.90 bits per heavy atom. The summed E-state index contributed by atoms with van der Waals surface area (Å²) in [6.07, 6.45) is 8.45. The van der Waals surface area contributed by atoms with Gasteiger partial charge in [-0.15, -0.1) is 0 Å². The lowest BCUT2D eigenvalue weighted by Crippen LogP contribution is -2.34. The van der Waals surface area contributed by atoms with Crippen LogP contribution in [0.15, 0.2) is 42.9 Å². The van der Waals surface area contributed by atoms with Crippen molar-refractivity contribution in [2.75, 3.05) is 12.4 Å². The van der Waals surface area contributed by atoms with Crippen molar-refractivity contribution in [2.24, 2.45) is 5.92 Å². The highest BCUT2D eigenvalue weighted by atomic mass is 35.5. The van der Waals surface area contributed by atoms with Crippen molar-refractivity contribution in [3.8, 4) is 16.9 Å². The predicted molar refractivity (Wildman–Crippen MR) is 113 cm³/mol. The molecular formula is C21H22ClFN6O. The maximum Gasteiger partial charge on any atom is 0.223 e. The van der Waals surface area contributed by atoms with Crippen molar-refractivity contribution in [1.82, 2.24) is 25.1 Å². The molecule has 9 heteroatoms. The number of nitrogens with one attached hydrogen (secondary N) is 2. The van der Waals surface area contributed by atoms with Crippen molar-refractivity contribution in [3.05, 3.63) is 53.7 Å². The topological polar surface area (TPSA) is 84.7 Å². The number of halogens is 2. The molecular weight excluding hydrogens is 407 g/mol. The van der Waals surface area contributed by atoms with Crippen LogP contribution in [0.4, 0.5) is 10.3 Å². The number of carbonyl (C=O) groups excluding carboxylic acids is 1. The minimum atomic E-state index is -0.301. The molecule has 2 N–H and O–H groups in total. The fourth-order valence-electron chi connectivity index (χ4n) is 3.71. The zero-order valence-corrected chi connectivity index (χ0v) is 17.2. The lowest BCUT2D eigenvalue weighted by atomic mass is 9.85. The van der Waals surface area contributed by atoms with E-state index in [0.717, 1.165) is 36.9 Å². The van der Waals surface area contributed by atoms with Gasteiger partial charge in [-0.05, 0) is 49.9 Å². The second-order valence-electron chi connectivity index (χ2n) is 7.35. The van der Waals surface area contributed by atoms with Gasteiger partial charge in [-0.3, -0.25) is 4.79 Å². The first-order valence-corrected chi connectivity index (χ1v) is 10.2. The van der Waals surface area contributed by atoms with Gasteiger partial charge in [0.15, 0.2) is 0 Å². The summed E-state index contributed by atoms with van der Waals surface area (Å²) >= 11 is 6.34. The molecule has 30 heavy (non-hydrogen) atoms. The van der Waals surface area contributed by atoms with E-state index in [4.69, 9.17) is 11.6 Å². The summed E-state index contributed by atoms with van der Waals surface area (Å²) in [4.78, 5) is 20.7. The van der Waals surface area contributed by atoms with Gasteiger partial charge >= 0.3 is 0 Å². The Bertz CT molecular complexity index is 1030. The Balaban J connectivity index is 1.48. The van der Waals surface area contributed by atoms with Gasteiger partial charge in [0.2, 0.25) is 11.9 Å². The molecule has 4 rings (SSSR count). The summed E-state index contributed by atoms with van der Waals surface area (Å²) < 4.78 is 14.8. The summed E-state index contributed by atoms with van der Waals surface area (Å²) in [6, 6.07) is 6.28. The van der Waals surface area contributed by atoms with E-state index in [0.29, 0.717) is 16.7 Å². The monoisotopic (exact) mass is 428 g/mol. The van der Waals surface area contributed by atoms with E-state index in [1.165, 1.54) is 12.1 Å². The van der Waals surface area contributed by atoms with E-state index in [9.17, 15) is 9.18 Å². The number of rotatable bonds is 5. The number of amides is 1. The van der Waals surface area contributed by atoms with Crippen molar-refractivity contribution in [2.45, 2.75) is 31.7 Å². The normalized spacial score (nSPS) is 18.8. The second-order valence-corrected chi connectivity index (χ2v) is 7.75. The molecule has 0 radical (unpaired) electrons. The van der Waals surface area contributed by atoms with Gasteiger partial charge in [0.1, 0.15) is 5.82 Å². The average Bonchev–Trinajstić information content (AvgIpc) is 3.25. The van der Waals surface area contributed by atoms with E-state index in [2.05, 4.69) is 25.7 Å². The number of hydrogen-bond acceptors (Lipinski definition) is 5. The third kappa shape index (κ3) is 4.43. The average molecular weight is 429 g/mol. The van der Waals surface area contributed by atoms with Gasteiger partial charge in [0.25, 0.3) is 0 Å². The Hall–Kier alpha value is -3.00. The SMILES string of the molecule is CNC(=O)[C@H]1CC[C@H](Nc2ncc(Cl)c(-c3cnn(-c4ccc(F)cc4)c3)n2)CC1. The van der Waals surface area contributed by atoms with Crippen LogP contribution in [0.3, 0.4) is 0 Å². The van der Waals surface area contributed by atoms with Crippen LogP contribution in [0.25, 0.3) is 16.9 Å². The third-order valence-electron chi connectivity index (χ3n) is 5.37. The summed E-state index contributed by atoms with van der Waals surface area (Å²) in [5.41, 5.74) is 2.04. The Labute approximate surface area is 178 Å². The molecule has 0 spiro atoms. The van der Waals surface area contributed by atoms with Crippen molar-refractivity contribution >= 4 is 23.5 Å². The zero-order valence-electron chi connectivity index (χ0n) is 16.5. The van der Waals surface area contributed by atoms with E-state index < -0.39 is 0 Å². The molecule has 0 unspecified atom stereocenters. The maximum absolute atomic E-state index is 13.2.